The van der Waals surface area contributed by atoms with Crippen molar-refractivity contribution in [2.24, 2.45) is 11.8 Å². The van der Waals surface area contributed by atoms with Crippen LogP contribution in [-0.4, -0.2) is 51.4 Å². The fourth-order valence-corrected chi connectivity index (χ4v) is 2.87. The smallest absolute Gasteiger partial charge is 0.191 e. The van der Waals surface area contributed by atoms with E-state index in [-0.39, 0.29) is 24.2 Å². The number of nitrogens with two attached hydrogens (primary N) is 1. The van der Waals surface area contributed by atoms with Crippen molar-refractivity contribution in [3.05, 3.63) is 11.5 Å². The van der Waals surface area contributed by atoms with Gasteiger partial charge in [-0.05, 0) is 12.2 Å². The number of hydrogen-bond donors (Lipinski definition) is 5. The lowest BCUT2D eigenvalue weighted by Crippen LogP contribution is -2.32. The van der Waals surface area contributed by atoms with Crippen LogP contribution in [0, 0.1) is 11.8 Å². The Kier molecular flexibility index (Phi) is 5.55. The quantitative estimate of drug-likeness (QED) is 0.292. The molecule has 1 aliphatic heterocycles. The van der Waals surface area contributed by atoms with E-state index in [9.17, 15) is 15.3 Å². The van der Waals surface area contributed by atoms with E-state index in [1.807, 2.05) is 20.1 Å². The minimum atomic E-state index is -0.487. The summed E-state index contributed by atoms with van der Waals surface area (Å²) >= 11 is 1.37. The summed E-state index contributed by atoms with van der Waals surface area (Å²) in [5.41, 5.74) is 7.09. The Morgan fingerprint density at radius 2 is 2.09 bits per heavy atom. The van der Waals surface area contributed by atoms with Gasteiger partial charge in [0.2, 0.25) is 0 Å². The SMILES string of the molecule is CSc1nc(N)c2c(n1)N(/C(=C(\O)CO)C(C)[C@@H](C)CO)CN2. The predicted molar refractivity (Wildman–Crippen MR) is 91.3 cm³/mol. The molecule has 1 aliphatic rings. The summed E-state index contributed by atoms with van der Waals surface area (Å²) in [5.74, 6) is 0.479. The summed E-state index contributed by atoms with van der Waals surface area (Å²) in [4.78, 5) is 10.4. The van der Waals surface area contributed by atoms with E-state index in [1.165, 1.54) is 11.8 Å². The van der Waals surface area contributed by atoms with Crippen LogP contribution in [0.25, 0.3) is 0 Å². The Morgan fingerprint density at radius 3 is 2.65 bits per heavy atom. The molecule has 128 valence electrons. The van der Waals surface area contributed by atoms with E-state index in [0.717, 1.165) is 0 Å². The van der Waals surface area contributed by atoms with E-state index >= 15 is 0 Å². The lowest BCUT2D eigenvalue weighted by Gasteiger charge is -2.29. The number of allylic oxidation sites excluding steroid dienone is 1. The average molecular weight is 341 g/mol. The molecule has 1 unspecified atom stereocenters. The molecule has 0 fully saturated rings. The van der Waals surface area contributed by atoms with Crippen LogP contribution in [0.1, 0.15) is 13.8 Å². The number of aliphatic hydroxyl groups is 3. The maximum absolute atomic E-state index is 10.2. The molecule has 23 heavy (non-hydrogen) atoms. The van der Waals surface area contributed by atoms with Crippen LogP contribution < -0.4 is 16.0 Å². The zero-order valence-electron chi connectivity index (χ0n) is 13.4. The molecule has 8 nitrogen and oxygen atoms in total. The molecule has 0 amide bonds. The van der Waals surface area contributed by atoms with E-state index in [2.05, 4.69) is 15.3 Å². The Balaban J connectivity index is 2.51. The first-order chi connectivity index (χ1) is 10.9. The number of nitrogens with zero attached hydrogens (tertiary/aromatic N) is 3. The van der Waals surface area contributed by atoms with Crippen molar-refractivity contribution in [2.75, 3.05) is 42.1 Å². The number of nitrogens with one attached hydrogen (secondary N) is 1. The molecule has 0 aliphatic carbocycles. The topological polar surface area (TPSA) is 128 Å². The number of nitrogen functional groups attached to an aromatic ring is 1. The van der Waals surface area contributed by atoms with Crippen LogP contribution in [0.4, 0.5) is 17.3 Å². The van der Waals surface area contributed by atoms with Gasteiger partial charge in [0, 0.05) is 12.5 Å². The standard InChI is InChI=1S/C14H23N5O3S/c1-7(4-20)8(2)11(9(22)5-21)19-6-16-10-12(15)17-14(23-3)18-13(10)19/h7-8,16,20-22H,4-6H2,1-3H3,(H2,15,17,18)/b11-9-/t7-,8?/m0/s1. The Labute approximate surface area is 139 Å². The number of thioether (sulfide) groups is 1. The van der Waals surface area contributed by atoms with Gasteiger partial charge in [0.25, 0.3) is 0 Å². The number of fused-ring (bicyclic) bond motifs is 1. The first-order valence-electron chi connectivity index (χ1n) is 7.31. The van der Waals surface area contributed by atoms with Crippen molar-refractivity contribution in [1.29, 1.82) is 0 Å². The van der Waals surface area contributed by atoms with Gasteiger partial charge < -0.3 is 31.3 Å². The Bertz CT molecular complexity index is 610. The summed E-state index contributed by atoms with van der Waals surface area (Å²) in [6, 6.07) is 0. The van der Waals surface area contributed by atoms with Crippen molar-refractivity contribution >= 4 is 29.1 Å². The van der Waals surface area contributed by atoms with Crippen LogP contribution in [0.5, 0.6) is 0 Å². The monoisotopic (exact) mass is 341 g/mol. The van der Waals surface area contributed by atoms with Crippen molar-refractivity contribution in [1.82, 2.24) is 9.97 Å². The van der Waals surface area contributed by atoms with Crippen LogP contribution in [0.15, 0.2) is 16.6 Å². The highest BCUT2D eigenvalue weighted by molar-refractivity contribution is 7.98. The molecule has 9 heteroatoms. The molecule has 0 saturated heterocycles. The van der Waals surface area contributed by atoms with Crippen molar-refractivity contribution in [3.8, 4) is 0 Å². The number of aromatic nitrogens is 2. The van der Waals surface area contributed by atoms with E-state index in [1.54, 1.807) is 4.90 Å². The molecule has 1 aromatic rings. The summed E-state index contributed by atoms with van der Waals surface area (Å²) in [5, 5.41) is 32.7. The second kappa shape index (κ2) is 7.24. The number of rotatable bonds is 6. The molecule has 0 spiro atoms. The number of anilines is 3. The molecule has 1 aromatic heterocycles. The molecule has 2 heterocycles. The maximum atomic E-state index is 10.2. The summed E-state index contributed by atoms with van der Waals surface area (Å²) in [6.07, 6.45) is 1.85. The molecule has 2 rings (SSSR count). The molecule has 0 radical (unpaired) electrons. The summed E-state index contributed by atoms with van der Waals surface area (Å²) in [7, 11) is 0. The van der Waals surface area contributed by atoms with Gasteiger partial charge >= 0.3 is 0 Å². The minimum Gasteiger partial charge on any atom is -0.508 e. The van der Waals surface area contributed by atoms with Crippen LogP contribution in [0.3, 0.4) is 0 Å². The lowest BCUT2D eigenvalue weighted by atomic mass is 9.92. The first-order valence-corrected chi connectivity index (χ1v) is 8.53. The highest BCUT2D eigenvalue weighted by Gasteiger charge is 2.32. The third-order valence-corrected chi connectivity index (χ3v) is 4.61. The van der Waals surface area contributed by atoms with Crippen molar-refractivity contribution < 1.29 is 15.3 Å². The zero-order chi connectivity index (χ0) is 17.1. The third kappa shape index (κ3) is 3.31. The summed E-state index contributed by atoms with van der Waals surface area (Å²) in [6.45, 7) is 3.61. The van der Waals surface area contributed by atoms with Crippen molar-refractivity contribution in [3.63, 3.8) is 0 Å². The van der Waals surface area contributed by atoms with Gasteiger partial charge in [0.15, 0.2) is 16.8 Å². The normalized spacial score (nSPS) is 17.3. The largest absolute Gasteiger partial charge is 0.508 e. The second-order valence-electron chi connectivity index (χ2n) is 5.50. The Morgan fingerprint density at radius 1 is 1.39 bits per heavy atom. The molecule has 0 aromatic carbocycles. The molecular formula is C14H23N5O3S. The molecule has 0 saturated carbocycles. The molecule has 6 N–H and O–H groups in total. The van der Waals surface area contributed by atoms with Crippen molar-refractivity contribution in [2.45, 2.75) is 19.0 Å². The van der Waals surface area contributed by atoms with Crippen LogP contribution in [-0.2, 0) is 0 Å². The average Bonchev–Trinajstić information content (AvgIpc) is 2.98. The molecule has 0 bridgehead atoms. The summed E-state index contributed by atoms with van der Waals surface area (Å²) < 4.78 is 0. The van der Waals surface area contributed by atoms with Gasteiger partial charge in [-0.3, -0.25) is 0 Å². The highest BCUT2D eigenvalue weighted by atomic mass is 32.2. The molecule has 2 atom stereocenters. The molecular weight excluding hydrogens is 318 g/mol. The van der Waals surface area contributed by atoms with Crippen LogP contribution in [0.2, 0.25) is 0 Å². The fraction of sp³-hybridized carbons (Fsp3) is 0.571. The third-order valence-electron chi connectivity index (χ3n) is 4.06. The van der Waals surface area contributed by atoms with E-state index < -0.39 is 6.61 Å². The van der Waals surface area contributed by atoms with E-state index in [4.69, 9.17) is 5.73 Å². The highest BCUT2D eigenvalue weighted by Crippen LogP contribution is 2.40. The van der Waals surface area contributed by atoms with Gasteiger partial charge in [0.1, 0.15) is 18.1 Å². The van der Waals surface area contributed by atoms with Gasteiger partial charge in [-0.15, -0.1) is 0 Å². The second-order valence-corrected chi connectivity index (χ2v) is 6.27. The lowest BCUT2D eigenvalue weighted by molar-refractivity contribution is 0.198. The van der Waals surface area contributed by atoms with E-state index in [0.29, 0.717) is 34.8 Å². The van der Waals surface area contributed by atoms with Crippen LogP contribution >= 0.6 is 11.8 Å². The number of hydrogen-bond acceptors (Lipinski definition) is 9. The minimum absolute atomic E-state index is 0.0283. The van der Waals surface area contributed by atoms with Gasteiger partial charge in [0.05, 0.1) is 12.4 Å². The van der Waals surface area contributed by atoms with Gasteiger partial charge in [-0.25, -0.2) is 9.97 Å². The maximum Gasteiger partial charge on any atom is 0.191 e. The first kappa shape index (κ1) is 17.6. The fourth-order valence-electron chi connectivity index (χ4n) is 2.51. The zero-order valence-corrected chi connectivity index (χ0v) is 14.3. The Hall–Kier alpha value is -1.71. The predicted octanol–water partition coefficient (Wildman–Crippen LogP) is 0.996. The number of aliphatic hydroxyl groups excluding tert-OH is 3. The van der Waals surface area contributed by atoms with Gasteiger partial charge in [-0.2, -0.15) is 0 Å². The van der Waals surface area contributed by atoms with Gasteiger partial charge in [-0.1, -0.05) is 25.6 Å².